The molecule has 5 nitrogen and oxygen atoms in total. The van der Waals surface area contributed by atoms with E-state index in [9.17, 15) is 0 Å². The first-order valence-corrected chi connectivity index (χ1v) is 8.62. The minimum absolute atomic E-state index is 0. The maximum Gasteiger partial charge on any atom is 0.191 e. The zero-order valence-electron chi connectivity index (χ0n) is 13.2. The summed E-state index contributed by atoms with van der Waals surface area (Å²) >= 11 is 1.97. The largest absolute Gasteiger partial charge is 0.370 e. The third-order valence-corrected chi connectivity index (χ3v) is 4.65. The quantitative estimate of drug-likeness (QED) is 0.450. The molecule has 23 heavy (non-hydrogen) atoms. The van der Waals surface area contributed by atoms with Crippen molar-refractivity contribution >= 4 is 41.7 Å². The van der Waals surface area contributed by atoms with Gasteiger partial charge in [0.25, 0.3) is 0 Å². The number of halogens is 1. The molecule has 0 aliphatic carbocycles. The van der Waals surface area contributed by atoms with Crippen molar-refractivity contribution in [2.24, 2.45) is 10.7 Å². The van der Waals surface area contributed by atoms with Crippen LogP contribution in [0.4, 0.5) is 0 Å². The topological polar surface area (TPSA) is 59.4 Å². The SMILES string of the molecule is Cc1ccn(-c2ccccc2CN=C(N)N2CCSCC2)n1.I. The van der Waals surface area contributed by atoms with Crippen LogP contribution in [0.5, 0.6) is 0 Å². The number of aryl methyl sites for hydroxylation is 1. The predicted octanol–water partition coefficient (Wildman–Crippen LogP) is 2.66. The zero-order chi connectivity index (χ0) is 15.4. The number of rotatable bonds is 3. The van der Waals surface area contributed by atoms with Gasteiger partial charge in [0.1, 0.15) is 0 Å². The summed E-state index contributed by atoms with van der Waals surface area (Å²) in [5, 5.41) is 4.48. The summed E-state index contributed by atoms with van der Waals surface area (Å²) in [6, 6.07) is 10.2. The van der Waals surface area contributed by atoms with E-state index in [4.69, 9.17) is 5.73 Å². The van der Waals surface area contributed by atoms with Gasteiger partial charge in [0, 0.05) is 30.8 Å². The molecule has 2 heterocycles. The highest BCUT2D eigenvalue weighted by atomic mass is 127. The highest BCUT2D eigenvalue weighted by molar-refractivity contribution is 14.0. The molecule has 0 saturated carbocycles. The Morgan fingerprint density at radius 3 is 2.70 bits per heavy atom. The second-order valence-electron chi connectivity index (χ2n) is 5.30. The summed E-state index contributed by atoms with van der Waals surface area (Å²) in [6.45, 7) is 4.54. The molecule has 7 heteroatoms. The molecule has 2 aromatic rings. The summed E-state index contributed by atoms with van der Waals surface area (Å²) in [5.41, 5.74) is 9.32. The van der Waals surface area contributed by atoms with Gasteiger partial charge >= 0.3 is 0 Å². The van der Waals surface area contributed by atoms with Crippen molar-refractivity contribution in [2.45, 2.75) is 13.5 Å². The smallest absolute Gasteiger partial charge is 0.191 e. The van der Waals surface area contributed by atoms with Crippen LogP contribution >= 0.6 is 35.7 Å². The molecule has 0 unspecified atom stereocenters. The number of para-hydroxylation sites is 1. The highest BCUT2D eigenvalue weighted by Gasteiger charge is 2.12. The molecule has 1 saturated heterocycles. The molecular weight excluding hydrogens is 421 g/mol. The van der Waals surface area contributed by atoms with E-state index in [2.05, 4.69) is 27.1 Å². The summed E-state index contributed by atoms with van der Waals surface area (Å²) in [7, 11) is 0. The fourth-order valence-corrected chi connectivity index (χ4v) is 3.38. The number of thioether (sulfide) groups is 1. The number of guanidine groups is 1. The van der Waals surface area contributed by atoms with Gasteiger partial charge in [-0.1, -0.05) is 18.2 Å². The van der Waals surface area contributed by atoms with Gasteiger partial charge in [0.05, 0.1) is 17.9 Å². The number of benzene rings is 1. The molecule has 1 aromatic heterocycles. The standard InChI is InChI=1S/C16H21N5S.HI/c1-13-6-7-21(19-13)15-5-3-2-4-14(15)12-18-16(17)20-8-10-22-11-9-20;/h2-7H,8-12H2,1H3,(H2,17,18);1H. The predicted molar refractivity (Wildman–Crippen MR) is 108 cm³/mol. The van der Waals surface area contributed by atoms with Crippen LogP contribution in [0.1, 0.15) is 11.3 Å². The van der Waals surface area contributed by atoms with Gasteiger partial charge in [-0.2, -0.15) is 16.9 Å². The Hall–Kier alpha value is -1.22. The second-order valence-corrected chi connectivity index (χ2v) is 6.53. The van der Waals surface area contributed by atoms with Crippen molar-refractivity contribution in [3.05, 3.63) is 47.8 Å². The van der Waals surface area contributed by atoms with Gasteiger partial charge in [-0.05, 0) is 24.6 Å². The van der Waals surface area contributed by atoms with E-state index in [0.29, 0.717) is 12.5 Å². The Balaban J connectivity index is 0.00000192. The monoisotopic (exact) mass is 443 g/mol. The zero-order valence-corrected chi connectivity index (χ0v) is 16.3. The van der Waals surface area contributed by atoms with Crippen LogP contribution in [0.3, 0.4) is 0 Å². The molecule has 0 amide bonds. The third kappa shape index (κ3) is 4.63. The van der Waals surface area contributed by atoms with Crippen molar-refractivity contribution in [3.8, 4) is 5.69 Å². The number of hydrogen-bond donors (Lipinski definition) is 1. The lowest BCUT2D eigenvalue weighted by Crippen LogP contribution is -2.42. The van der Waals surface area contributed by atoms with Crippen molar-refractivity contribution in [3.63, 3.8) is 0 Å². The Morgan fingerprint density at radius 2 is 2.00 bits per heavy atom. The molecule has 124 valence electrons. The molecule has 2 N–H and O–H groups in total. The summed E-state index contributed by atoms with van der Waals surface area (Å²) in [5.74, 6) is 2.89. The molecule has 1 fully saturated rings. The van der Waals surface area contributed by atoms with Crippen LogP contribution < -0.4 is 5.73 Å². The number of aromatic nitrogens is 2. The van der Waals surface area contributed by atoms with E-state index in [1.54, 1.807) is 0 Å². The first-order chi connectivity index (χ1) is 10.7. The molecule has 0 bridgehead atoms. The van der Waals surface area contributed by atoms with E-state index >= 15 is 0 Å². The van der Waals surface area contributed by atoms with E-state index in [1.165, 1.54) is 0 Å². The highest BCUT2D eigenvalue weighted by Crippen LogP contribution is 2.16. The van der Waals surface area contributed by atoms with Crippen molar-refractivity contribution in [2.75, 3.05) is 24.6 Å². The summed E-state index contributed by atoms with van der Waals surface area (Å²) in [4.78, 5) is 6.74. The Labute approximate surface area is 158 Å². The van der Waals surface area contributed by atoms with E-state index in [0.717, 1.165) is 41.5 Å². The van der Waals surface area contributed by atoms with Gasteiger partial charge in [0.2, 0.25) is 0 Å². The summed E-state index contributed by atoms with van der Waals surface area (Å²) < 4.78 is 1.90. The Morgan fingerprint density at radius 1 is 1.26 bits per heavy atom. The minimum Gasteiger partial charge on any atom is -0.370 e. The average Bonchev–Trinajstić information content (AvgIpc) is 3.00. The lowest BCUT2D eigenvalue weighted by atomic mass is 10.2. The van der Waals surface area contributed by atoms with Gasteiger partial charge in [0.15, 0.2) is 5.96 Å². The number of aliphatic imine (C=N–C) groups is 1. The van der Waals surface area contributed by atoms with Crippen LogP contribution in [-0.4, -0.2) is 45.2 Å². The number of nitrogens with zero attached hydrogens (tertiary/aromatic N) is 4. The summed E-state index contributed by atoms with van der Waals surface area (Å²) in [6.07, 6.45) is 1.98. The van der Waals surface area contributed by atoms with Gasteiger partial charge < -0.3 is 10.6 Å². The first kappa shape index (κ1) is 18.1. The Bertz CT molecular complexity index is 664. The normalized spacial score (nSPS) is 15.3. The van der Waals surface area contributed by atoms with Crippen molar-refractivity contribution < 1.29 is 0 Å². The van der Waals surface area contributed by atoms with Crippen LogP contribution in [0.2, 0.25) is 0 Å². The Kier molecular flexibility index (Phi) is 6.76. The van der Waals surface area contributed by atoms with E-state index in [-0.39, 0.29) is 24.0 Å². The van der Waals surface area contributed by atoms with Gasteiger partial charge in [-0.15, -0.1) is 24.0 Å². The second kappa shape index (κ2) is 8.58. The molecule has 3 rings (SSSR count). The number of nitrogens with two attached hydrogens (primary N) is 1. The molecule has 1 aliphatic rings. The van der Waals surface area contributed by atoms with E-state index < -0.39 is 0 Å². The first-order valence-electron chi connectivity index (χ1n) is 7.47. The fraction of sp³-hybridized carbons (Fsp3) is 0.375. The van der Waals surface area contributed by atoms with Crippen LogP contribution in [0.25, 0.3) is 5.69 Å². The molecule has 0 atom stereocenters. The average molecular weight is 443 g/mol. The van der Waals surface area contributed by atoms with Gasteiger partial charge in [-0.25, -0.2) is 9.67 Å². The number of hydrogen-bond acceptors (Lipinski definition) is 3. The third-order valence-electron chi connectivity index (χ3n) is 3.71. The van der Waals surface area contributed by atoms with Crippen molar-refractivity contribution in [1.29, 1.82) is 0 Å². The van der Waals surface area contributed by atoms with Crippen LogP contribution in [0, 0.1) is 6.92 Å². The molecule has 1 aliphatic heterocycles. The maximum atomic E-state index is 6.13. The van der Waals surface area contributed by atoms with Crippen molar-refractivity contribution in [1.82, 2.24) is 14.7 Å². The lowest BCUT2D eigenvalue weighted by molar-refractivity contribution is 0.455. The molecule has 0 spiro atoms. The fourth-order valence-electron chi connectivity index (χ4n) is 2.48. The van der Waals surface area contributed by atoms with Crippen LogP contribution in [0.15, 0.2) is 41.5 Å². The molecular formula is C16H22IN5S. The van der Waals surface area contributed by atoms with E-state index in [1.807, 2.05) is 47.8 Å². The maximum absolute atomic E-state index is 6.13. The minimum atomic E-state index is 0. The van der Waals surface area contributed by atoms with Crippen LogP contribution in [-0.2, 0) is 6.54 Å². The molecule has 0 radical (unpaired) electrons. The lowest BCUT2D eigenvalue weighted by Gasteiger charge is -2.27. The van der Waals surface area contributed by atoms with Gasteiger partial charge in [-0.3, -0.25) is 0 Å². The molecule has 1 aromatic carbocycles.